The molecular weight excluding hydrogens is 612 g/mol. The van der Waals surface area contributed by atoms with E-state index in [1.54, 1.807) is 48.2 Å². The third kappa shape index (κ3) is 5.29. The second-order valence-electron chi connectivity index (χ2n) is 8.24. The van der Waals surface area contributed by atoms with Crippen molar-refractivity contribution in [3.05, 3.63) is 121 Å². The minimum atomic E-state index is -0.374. The molecule has 0 saturated heterocycles. The molecule has 0 aliphatic rings. The van der Waals surface area contributed by atoms with E-state index in [1.165, 1.54) is 0 Å². The number of ether oxygens (including phenoxy) is 1. The molecule has 7 nitrogen and oxygen atoms in total. The lowest BCUT2D eigenvalue weighted by atomic mass is 10.1. The molecule has 0 saturated carbocycles. The first-order valence-corrected chi connectivity index (χ1v) is 13.1. The summed E-state index contributed by atoms with van der Waals surface area (Å²) in [4.78, 5) is 31.2. The van der Waals surface area contributed by atoms with Crippen LogP contribution in [0.5, 0.6) is 5.75 Å². The number of fused-ring (bicyclic) bond motifs is 1. The number of halogens is 2. The standard InChI is InChI=1S/C29H20Br2N4O3/c1-38-23-13-7-18(8-14-23)17-32-34-28(36)20-9-11-22(12-10-20)35-27(19-5-3-2-4-6-19)33-26-24(29(35)37)15-21(30)16-25(26)31/h2-17H,1H3,(H,34,36)/b32-17+. The van der Waals surface area contributed by atoms with Gasteiger partial charge in [-0.1, -0.05) is 46.3 Å². The van der Waals surface area contributed by atoms with Crippen LogP contribution in [-0.2, 0) is 0 Å². The van der Waals surface area contributed by atoms with Gasteiger partial charge in [0.15, 0.2) is 0 Å². The van der Waals surface area contributed by atoms with E-state index in [0.717, 1.165) is 21.3 Å². The molecule has 1 aromatic heterocycles. The SMILES string of the molecule is COc1ccc(/C=N/NC(=O)c2ccc(-n3c(-c4ccccc4)nc4c(Br)cc(Br)cc4c3=O)cc2)cc1. The number of hydrogen-bond donors (Lipinski definition) is 1. The van der Waals surface area contributed by atoms with Crippen molar-refractivity contribution in [1.29, 1.82) is 0 Å². The van der Waals surface area contributed by atoms with E-state index < -0.39 is 0 Å². The van der Waals surface area contributed by atoms with E-state index in [2.05, 4.69) is 42.4 Å². The number of carbonyl (C=O) groups excluding carboxylic acids is 1. The number of aromatic nitrogens is 2. The second kappa shape index (κ2) is 11.1. The van der Waals surface area contributed by atoms with Crippen LogP contribution in [-0.4, -0.2) is 28.8 Å². The topological polar surface area (TPSA) is 85.6 Å². The van der Waals surface area contributed by atoms with Gasteiger partial charge in [-0.25, -0.2) is 10.4 Å². The molecule has 4 aromatic carbocycles. The molecule has 0 bridgehead atoms. The molecule has 5 rings (SSSR count). The summed E-state index contributed by atoms with van der Waals surface area (Å²) < 4.78 is 8.17. The Labute approximate surface area is 235 Å². The fraction of sp³-hybridized carbons (Fsp3) is 0.0345. The van der Waals surface area contributed by atoms with Gasteiger partial charge in [-0.15, -0.1) is 0 Å². The van der Waals surface area contributed by atoms with E-state index in [9.17, 15) is 9.59 Å². The maximum atomic E-state index is 13.7. The average molecular weight is 632 g/mol. The molecule has 9 heteroatoms. The minimum absolute atomic E-state index is 0.225. The van der Waals surface area contributed by atoms with E-state index in [0.29, 0.717) is 32.5 Å². The fourth-order valence-electron chi connectivity index (χ4n) is 3.92. The van der Waals surface area contributed by atoms with E-state index >= 15 is 0 Å². The van der Waals surface area contributed by atoms with Crippen molar-refractivity contribution in [1.82, 2.24) is 15.0 Å². The molecule has 0 radical (unpaired) electrons. The smallest absolute Gasteiger partial charge is 0.271 e. The predicted molar refractivity (Wildman–Crippen MR) is 156 cm³/mol. The fourth-order valence-corrected chi connectivity index (χ4v) is 5.23. The molecule has 0 fully saturated rings. The Hall–Kier alpha value is -4.08. The van der Waals surface area contributed by atoms with Gasteiger partial charge in [0.1, 0.15) is 11.6 Å². The maximum absolute atomic E-state index is 13.7. The monoisotopic (exact) mass is 630 g/mol. The first-order valence-electron chi connectivity index (χ1n) is 11.5. The van der Waals surface area contributed by atoms with Gasteiger partial charge in [0.05, 0.1) is 29.9 Å². The van der Waals surface area contributed by atoms with Crippen LogP contribution in [0.3, 0.4) is 0 Å². The molecule has 0 aliphatic heterocycles. The summed E-state index contributed by atoms with van der Waals surface area (Å²) in [6.07, 6.45) is 1.55. The highest BCUT2D eigenvalue weighted by Gasteiger charge is 2.17. The number of methoxy groups -OCH3 is 1. The van der Waals surface area contributed by atoms with Crippen molar-refractivity contribution in [2.45, 2.75) is 0 Å². The van der Waals surface area contributed by atoms with Gasteiger partial charge >= 0.3 is 0 Å². The molecule has 0 aliphatic carbocycles. The summed E-state index contributed by atoms with van der Waals surface area (Å²) in [5.41, 5.74) is 5.45. The molecule has 38 heavy (non-hydrogen) atoms. The molecule has 0 spiro atoms. The van der Waals surface area contributed by atoms with Gasteiger partial charge in [0.2, 0.25) is 0 Å². The van der Waals surface area contributed by atoms with Crippen LogP contribution in [0.2, 0.25) is 0 Å². The lowest BCUT2D eigenvalue weighted by Crippen LogP contribution is -2.22. The van der Waals surface area contributed by atoms with Crippen LogP contribution in [0.4, 0.5) is 0 Å². The van der Waals surface area contributed by atoms with Crippen molar-refractivity contribution >= 4 is 54.9 Å². The highest BCUT2D eigenvalue weighted by Crippen LogP contribution is 2.29. The zero-order valence-electron chi connectivity index (χ0n) is 20.1. The van der Waals surface area contributed by atoms with Gasteiger partial charge in [-0.05, 0) is 82.2 Å². The van der Waals surface area contributed by atoms with Gasteiger partial charge in [0, 0.05) is 20.1 Å². The number of rotatable bonds is 6. The number of nitrogens with one attached hydrogen (secondary N) is 1. The first kappa shape index (κ1) is 25.6. The highest BCUT2D eigenvalue weighted by molar-refractivity contribution is 9.11. The number of hydrazone groups is 1. The van der Waals surface area contributed by atoms with Gasteiger partial charge in [-0.2, -0.15) is 5.10 Å². The summed E-state index contributed by atoms with van der Waals surface area (Å²) in [5.74, 6) is 0.858. The zero-order valence-corrected chi connectivity index (χ0v) is 23.2. The van der Waals surface area contributed by atoms with Gasteiger partial charge in [-0.3, -0.25) is 14.2 Å². The van der Waals surface area contributed by atoms with Crippen LogP contribution >= 0.6 is 31.9 Å². The van der Waals surface area contributed by atoms with E-state index in [4.69, 9.17) is 9.72 Å². The molecule has 1 amide bonds. The Morgan fingerprint density at radius 2 is 1.68 bits per heavy atom. The molecular formula is C29H20Br2N4O3. The van der Waals surface area contributed by atoms with Crippen molar-refractivity contribution in [2.75, 3.05) is 7.11 Å². The number of nitrogens with zero attached hydrogens (tertiary/aromatic N) is 3. The third-order valence-corrected chi connectivity index (χ3v) is 6.87. The highest BCUT2D eigenvalue weighted by atomic mass is 79.9. The molecule has 0 atom stereocenters. The molecule has 188 valence electrons. The summed E-state index contributed by atoms with van der Waals surface area (Å²) in [6, 6.07) is 27.1. The van der Waals surface area contributed by atoms with Crippen molar-refractivity contribution < 1.29 is 9.53 Å². The van der Waals surface area contributed by atoms with Gasteiger partial charge in [0.25, 0.3) is 11.5 Å². The number of amides is 1. The van der Waals surface area contributed by atoms with Crippen LogP contribution < -0.4 is 15.7 Å². The van der Waals surface area contributed by atoms with Crippen molar-refractivity contribution in [3.8, 4) is 22.8 Å². The molecule has 1 heterocycles. The van der Waals surface area contributed by atoms with E-state index in [1.807, 2.05) is 60.7 Å². The largest absolute Gasteiger partial charge is 0.497 e. The normalized spacial score (nSPS) is 11.1. The van der Waals surface area contributed by atoms with Crippen LogP contribution in [0.15, 0.2) is 110 Å². The lowest BCUT2D eigenvalue weighted by molar-refractivity contribution is 0.0955. The summed E-state index contributed by atoms with van der Waals surface area (Å²) >= 11 is 7.00. The molecule has 1 N–H and O–H groups in total. The minimum Gasteiger partial charge on any atom is -0.497 e. The third-order valence-electron chi connectivity index (χ3n) is 5.81. The Kier molecular flexibility index (Phi) is 7.48. The van der Waals surface area contributed by atoms with E-state index in [-0.39, 0.29) is 11.5 Å². The Balaban J connectivity index is 1.48. The first-order chi connectivity index (χ1) is 18.4. The maximum Gasteiger partial charge on any atom is 0.271 e. The van der Waals surface area contributed by atoms with Crippen LogP contribution in [0, 0.1) is 0 Å². The summed E-state index contributed by atoms with van der Waals surface area (Å²) in [7, 11) is 1.60. The quantitative estimate of drug-likeness (QED) is 0.175. The Bertz CT molecular complexity index is 1720. The average Bonchev–Trinajstić information content (AvgIpc) is 2.94. The predicted octanol–water partition coefficient (Wildman–Crippen LogP) is 6.35. The number of benzene rings is 4. The van der Waals surface area contributed by atoms with Crippen LogP contribution in [0.1, 0.15) is 15.9 Å². The number of carbonyl (C=O) groups is 1. The zero-order chi connectivity index (χ0) is 26.6. The molecule has 5 aromatic rings. The number of hydrogen-bond acceptors (Lipinski definition) is 5. The Morgan fingerprint density at radius 3 is 2.37 bits per heavy atom. The van der Waals surface area contributed by atoms with Crippen LogP contribution in [0.25, 0.3) is 28.0 Å². The van der Waals surface area contributed by atoms with Crippen molar-refractivity contribution in [3.63, 3.8) is 0 Å². The van der Waals surface area contributed by atoms with Gasteiger partial charge < -0.3 is 4.74 Å². The second-order valence-corrected chi connectivity index (χ2v) is 10.0. The summed E-state index contributed by atoms with van der Waals surface area (Å²) in [6.45, 7) is 0. The van der Waals surface area contributed by atoms with Crippen molar-refractivity contribution in [2.24, 2.45) is 5.10 Å². The summed E-state index contributed by atoms with van der Waals surface area (Å²) in [5, 5.41) is 4.49. The molecule has 0 unspecified atom stereocenters. The lowest BCUT2D eigenvalue weighted by Gasteiger charge is -2.15. The Morgan fingerprint density at radius 1 is 0.974 bits per heavy atom.